The Kier molecular flexibility index (Phi) is 22.6. The smallest absolute Gasteiger partial charge is 0.414 e. The molecule has 2 aliphatic heterocycles. The Labute approximate surface area is 450 Å². The summed E-state index contributed by atoms with van der Waals surface area (Å²) in [5.41, 5.74) is 1.53. The van der Waals surface area contributed by atoms with Crippen LogP contribution in [0.5, 0.6) is 0 Å². The third-order valence-electron chi connectivity index (χ3n) is 12.5. The van der Waals surface area contributed by atoms with Crippen molar-refractivity contribution in [2.45, 2.75) is 96.6 Å². The molecule has 3 amide bonds. The molecule has 2 aliphatic carbocycles. The second kappa shape index (κ2) is 28.5. The first-order valence-electron chi connectivity index (χ1n) is 25.2. The number of aromatic nitrogens is 2. The molecule has 0 radical (unpaired) electrons. The molecule has 9 rings (SSSR count). The fourth-order valence-corrected chi connectivity index (χ4v) is 7.99. The van der Waals surface area contributed by atoms with Crippen LogP contribution in [0, 0.1) is 29.3 Å². The van der Waals surface area contributed by atoms with E-state index in [1.165, 1.54) is 50.0 Å². The number of pyridine rings is 2. The van der Waals surface area contributed by atoms with Crippen molar-refractivity contribution in [2.24, 2.45) is 11.8 Å². The Bertz CT molecular complexity index is 2810. The maximum Gasteiger partial charge on any atom is 0.414 e. The van der Waals surface area contributed by atoms with E-state index in [1.54, 1.807) is 11.0 Å². The minimum Gasteiger partial charge on any atom is -0.478 e. The van der Waals surface area contributed by atoms with Crippen LogP contribution in [0.25, 0.3) is 0 Å². The summed E-state index contributed by atoms with van der Waals surface area (Å²) < 4.78 is 120. The molecule has 3 aromatic carbocycles. The molecule has 78 heavy (non-hydrogen) atoms. The first-order chi connectivity index (χ1) is 36.9. The molecule has 0 bridgehead atoms. The molecule has 4 heterocycles. The summed E-state index contributed by atoms with van der Waals surface area (Å²) in [6.07, 6.45) is -3.37. The number of aryl methyl sites for hydroxylation is 2. The van der Waals surface area contributed by atoms with E-state index in [4.69, 9.17) is 16.7 Å². The van der Waals surface area contributed by atoms with Crippen LogP contribution in [0.4, 0.5) is 50.9 Å². The lowest BCUT2D eigenvalue weighted by atomic mass is 10.0. The van der Waals surface area contributed by atoms with Crippen molar-refractivity contribution in [1.82, 2.24) is 25.5 Å². The number of hydrogen-bond donors (Lipinski definition) is 4. The molecule has 0 spiro atoms. The quantitative estimate of drug-likeness (QED) is 0.0695. The highest BCUT2D eigenvalue weighted by atomic mass is 35.5. The number of fused-ring (bicyclic) bond motifs is 2. The molecular formula is C55H59ClF9N7O6. The molecular weight excluding hydrogens is 1060 g/mol. The number of rotatable bonds is 12. The highest BCUT2D eigenvalue weighted by molar-refractivity contribution is 6.64. The normalized spacial score (nSPS) is 15.2. The fraction of sp³-hybridized carbons (Fsp3) is 0.400. The maximum absolute atomic E-state index is 13.7. The topological polar surface area (TPSA) is 174 Å². The number of nitrogens with one attached hydrogen (secondary N) is 3. The van der Waals surface area contributed by atoms with E-state index in [1.807, 2.05) is 10.6 Å². The van der Waals surface area contributed by atoms with E-state index in [0.29, 0.717) is 48.6 Å². The molecule has 13 nitrogen and oxygen atoms in total. The van der Waals surface area contributed by atoms with Crippen molar-refractivity contribution in [3.63, 3.8) is 0 Å². The van der Waals surface area contributed by atoms with Gasteiger partial charge in [0.15, 0.2) is 12.1 Å². The molecule has 2 saturated carbocycles. The van der Waals surface area contributed by atoms with Gasteiger partial charge in [-0.2, -0.15) is 26.3 Å². The van der Waals surface area contributed by atoms with Gasteiger partial charge >= 0.3 is 18.3 Å². The number of benzene rings is 3. The summed E-state index contributed by atoms with van der Waals surface area (Å²) in [5, 5.41) is 15.2. The van der Waals surface area contributed by atoms with Crippen molar-refractivity contribution in [3.05, 3.63) is 154 Å². The van der Waals surface area contributed by atoms with Gasteiger partial charge in [-0.25, -0.2) is 18.0 Å². The number of anilines is 2. The summed E-state index contributed by atoms with van der Waals surface area (Å²) in [4.78, 5) is 69.2. The first kappa shape index (κ1) is 61.8. The highest BCUT2D eigenvalue weighted by Gasteiger charge is 2.45. The van der Waals surface area contributed by atoms with Gasteiger partial charge in [-0.15, -0.1) is 0 Å². The summed E-state index contributed by atoms with van der Waals surface area (Å²) in [6.45, 7) is 11.4. The van der Waals surface area contributed by atoms with E-state index >= 15 is 0 Å². The number of amides is 3. The monoisotopic (exact) mass is 1120 g/mol. The van der Waals surface area contributed by atoms with E-state index in [-0.39, 0.29) is 51.1 Å². The summed E-state index contributed by atoms with van der Waals surface area (Å²) >= 11 is 5.04. The SMILES string of the molecule is CCN(CC)CC.O=C(Cl)C1CC1.O=C(N[C@H](c1ccc2c(n1)CCCN2)C(F)(F)F)c1ccc(F)cc1.O=C(N[C@H](c1ccc2c(n1)CCCN2C(=O)C1CC1)C(F)(F)F)c1ccc(F)cc1.O=C(O)c1ccc(F)cc1. The number of carboxylic acid groups (broad SMARTS) is 1. The highest BCUT2D eigenvalue weighted by Crippen LogP contribution is 2.38. The second-order valence-corrected chi connectivity index (χ2v) is 18.6. The zero-order valence-corrected chi connectivity index (χ0v) is 43.6. The van der Waals surface area contributed by atoms with Crippen LogP contribution >= 0.6 is 11.6 Å². The summed E-state index contributed by atoms with van der Waals surface area (Å²) in [5.74, 6) is -4.36. The van der Waals surface area contributed by atoms with Crippen molar-refractivity contribution in [2.75, 3.05) is 42.9 Å². The molecule has 2 atom stereocenters. The molecule has 420 valence electrons. The largest absolute Gasteiger partial charge is 0.478 e. The number of alkyl halides is 6. The van der Waals surface area contributed by atoms with Crippen molar-refractivity contribution < 1.29 is 68.6 Å². The van der Waals surface area contributed by atoms with Gasteiger partial charge in [0, 0.05) is 36.1 Å². The van der Waals surface area contributed by atoms with Crippen molar-refractivity contribution >= 4 is 51.9 Å². The number of aromatic carboxylic acids is 1. The van der Waals surface area contributed by atoms with Crippen LogP contribution in [-0.2, 0) is 22.4 Å². The zero-order valence-electron chi connectivity index (χ0n) is 42.8. The average molecular weight is 1120 g/mol. The van der Waals surface area contributed by atoms with Crippen molar-refractivity contribution in [3.8, 4) is 0 Å². The molecule has 4 aliphatic rings. The first-order valence-corrected chi connectivity index (χ1v) is 25.5. The summed E-state index contributed by atoms with van der Waals surface area (Å²) in [6, 6.07) is 14.1. The fourth-order valence-electron chi connectivity index (χ4n) is 7.77. The maximum atomic E-state index is 13.7. The number of halogens is 10. The van der Waals surface area contributed by atoms with Crippen LogP contribution in [-0.4, -0.2) is 94.0 Å². The lowest BCUT2D eigenvalue weighted by molar-refractivity contribution is -0.156. The molecule has 4 N–H and O–H groups in total. The van der Waals surface area contributed by atoms with Gasteiger partial charge in [0.05, 0.1) is 39.7 Å². The number of carboxylic acids is 1. The third-order valence-corrected chi connectivity index (χ3v) is 12.8. The van der Waals surface area contributed by atoms with Crippen LogP contribution in [0.2, 0.25) is 0 Å². The number of hydrogen-bond acceptors (Lipinski definition) is 9. The zero-order chi connectivity index (χ0) is 57.3. The Hall–Kier alpha value is -7.07. The van der Waals surface area contributed by atoms with E-state index < -0.39 is 59.7 Å². The van der Waals surface area contributed by atoms with Gasteiger partial charge < -0.3 is 30.9 Å². The lowest BCUT2D eigenvalue weighted by Gasteiger charge is -2.30. The molecule has 23 heteroatoms. The van der Waals surface area contributed by atoms with Crippen LogP contribution in [0.15, 0.2) is 97.1 Å². The van der Waals surface area contributed by atoms with E-state index in [0.717, 1.165) is 99.3 Å². The molecule has 2 aromatic heterocycles. The molecule has 2 fully saturated rings. The standard InChI is InChI=1S/C21H19F4N3O2.C17H15F4N3O.C7H5FO2.C6H15N.C4H5ClO/c22-14-7-5-12(6-8-14)19(29)27-18(21(23,24)25)16-9-10-17-15(26-16)2-1-11-28(17)20(30)13-3-4-13;18-11-5-3-10(4-6-11)16(25)24-15(17(19,20)21)14-8-7-12-13(23-14)2-1-9-22-12;8-6-3-1-5(2-4-6)7(9)10;1-4-7(5-2)6-3;5-4(6)3-1-2-3/h5-10,13,18H,1-4,11H2,(H,27,29);3-8,15,22H,1-2,9H2,(H,24,25);1-4H,(H,9,10);4-6H2,1-3H3;3H,1-2H2/t18-;15-;;;/m11.../s1. The minimum absolute atomic E-state index is 0.00597. The Morgan fingerprint density at radius 2 is 1.05 bits per heavy atom. The van der Waals surface area contributed by atoms with Gasteiger partial charge in [0.25, 0.3) is 11.8 Å². The number of carbonyl (C=O) groups is 5. The van der Waals surface area contributed by atoms with Gasteiger partial charge in [0.1, 0.15) is 17.5 Å². The Balaban J connectivity index is 0.000000207. The predicted octanol–water partition coefficient (Wildman–Crippen LogP) is 11.6. The number of carbonyl (C=O) groups excluding carboxylic acids is 4. The Morgan fingerprint density at radius 3 is 1.44 bits per heavy atom. The Morgan fingerprint density at radius 1 is 0.628 bits per heavy atom. The number of nitrogens with zero attached hydrogens (tertiary/aromatic N) is 4. The molecule has 0 saturated heterocycles. The summed E-state index contributed by atoms with van der Waals surface area (Å²) in [7, 11) is 0. The minimum atomic E-state index is -4.78. The van der Waals surface area contributed by atoms with Crippen molar-refractivity contribution in [1.29, 1.82) is 0 Å². The van der Waals surface area contributed by atoms with Crippen LogP contribution in [0.1, 0.15) is 125 Å². The predicted molar refractivity (Wildman–Crippen MR) is 274 cm³/mol. The van der Waals surface area contributed by atoms with Gasteiger partial charge in [-0.3, -0.25) is 29.1 Å². The van der Waals surface area contributed by atoms with Gasteiger partial charge in [-0.1, -0.05) is 20.8 Å². The van der Waals surface area contributed by atoms with Gasteiger partial charge in [-0.05, 0) is 180 Å². The molecule has 0 unspecified atom stereocenters. The van der Waals surface area contributed by atoms with E-state index in [2.05, 4.69) is 41.0 Å². The third kappa shape index (κ3) is 18.8. The average Bonchev–Trinajstić information content (AvgIpc) is 4.36. The second-order valence-electron chi connectivity index (χ2n) is 18.3. The van der Waals surface area contributed by atoms with Gasteiger partial charge in [0.2, 0.25) is 11.1 Å². The molecule has 5 aromatic rings. The van der Waals surface area contributed by atoms with E-state index in [9.17, 15) is 63.5 Å². The van der Waals surface area contributed by atoms with Crippen LogP contribution in [0.3, 0.4) is 0 Å². The van der Waals surface area contributed by atoms with Crippen LogP contribution < -0.4 is 20.9 Å². The lowest BCUT2D eigenvalue weighted by Crippen LogP contribution is -2.40.